The number of furan rings is 1. The van der Waals surface area contributed by atoms with E-state index in [9.17, 15) is 0 Å². The molecule has 0 atom stereocenters. The zero-order valence-corrected chi connectivity index (χ0v) is 30.4. The molecule has 0 aliphatic rings. The minimum Gasteiger partial charge on any atom is -0.456 e. The highest BCUT2D eigenvalue weighted by Crippen LogP contribution is 2.46. The molecule has 12 rings (SSSR count). The first kappa shape index (κ1) is 31.0. The van der Waals surface area contributed by atoms with Crippen LogP contribution in [-0.2, 0) is 0 Å². The second-order valence-corrected chi connectivity index (χ2v) is 14.8. The summed E-state index contributed by atoms with van der Waals surface area (Å²) in [5, 5.41) is 12.2. The van der Waals surface area contributed by atoms with Gasteiger partial charge in [0.25, 0.3) is 0 Å². The molecule has 0 fully saturated rings. The van der Waals surface area contributed by atoms with E-state index in [4.69, 9.17) is 4.42 Å². The molecule has 2 nitrogen and oxygen atoms in total. The summed E-state index contributed by atoms with van der Waals surface area (Å²) in [7, 11) is 0. The van der Waals surface area contributed by atoms with Crippen molar-refractivity contribution in [2.75, 3.05) is 0 Å². The molecule has 0 bridgehead atoms. The van der Waals surface area contributed by atoms with Gasteiger partial charge in [-0.1, -0.05) is 146 Å². The van der Waals surface area contributed by atoms with Crippen LogP contribution in [0.2, 0.25) is 0 Å². The molecular formula is C54H33NO. The standard InChI is InChI=1S/C54H33NO/c1-2-15-39(16-3-1)55-48-23-10-8-17-41(48)47-33-35(26-29-49(47)55)34-13-12-14-37(31-34)52-42-18-4-6-20-44(42)53(45-21-7-5-19-43(45)52)38-25-28-40-36(32-38)27-30-51-54(40)46-22-9-11-24-50(46)56-51/h1-33H. The van der Waals surface area contributed by atoms with Crippen LogP contribution >= 0.6 is 0 Å². The third-order valence-corrected chi connectivity index (χ3v) is 11.7. The number of fused-ring (bicyclic) bond motifs is 10. The van der Waals surface area contributed by atoms with Crippen molar-refractivity contribution in [1.29, 1.82) is 0 Å². The van der Waals surface area contributed by atoms with Gasteiger partial charge in [-0.25, -0.2) is 0 Å². The number of para-hydroxylation sites is 3. The van der Waals surface area contributed by atoms with Gasteiger partial charge < -0.3 is 8.98 Å². The number of nitrogens with zero attached hydrogens (tertiary/aromatic N) is 1. The average Bonchev–Trinajstić information content (AvgIpc) is 3.81. The van der Waals surface area contributed by atoms with Crippen LogP contribution in [0.25, 0.3) is 115 Å². The van der Waals surface area contributed by atoms with Crippen molar-refractivity contribution in [2.45, 2.75) is 0 Å². The third kappa shape index (κ3) is 4.57. The van der Waals surface area contributed by atoms with Gasteiger partial charge in [0.1, 0.15) is 11.2 Å². The molecule has 0 saturated heterocycles. The highest BCUT2D eigenvalue weighted by Gasteiger charge is 2.19. The lowest BCUT2D eigenvalue weighted by Crippen LogP contribution is -1.93. The van der Waals surface area contributed by atoms with Crippen molar-refractivity contribution in [1.82, 2.24) is 4.57 Å². The van der Waals surface area contributed by atoms with Crippen molar-refractivity contribution in [3.8, 4) is 39.1 Å². The van der Waals surface area contributed by atoms with E-state index in [1.54, 1.807) is 0 Å². The fourth-order valence-corrected chi connectivity index (χ4v) is 9.32. The SMILES string of the molecule is c1ccc(-n2c3ccccc3c3cc(-c4cccc(-c5c6ccccc6c(-c6ccc7c(ccc8oc9ccccc9c87)c6)c6ccccc56)c4)ccc32)cc1. The largest absolute Gasteiger partial charge is 0.456 e. The smallest absolute Gasteiger partial charge is 0.136 e. The van der Waals surface area contributed by atoms with E-state index in [1.807, 2.05) is 6.07 Å². The lowest BCUT2D eigenvalue weighted by molar-refractivity contribution is 0.669. The molecule has 56 heavy (non-hydrogen) atoms. The average molecular weight is 712 g/mol. The van der Waals surface area contributed by atoms with Gasteiger partial charge in [-0.2, -0.15) is 0 Å². The van der Waals surface area contributed by atoms with Crippen LogP contribution in [0, 0.1) is 0 Å². The van der Waals surface area contributed by atoms with Crippen LogP contribution in [0.4, 0.5) is 0 Å². The van der Waals surface area contributed by atoms with E-state index in [0.29, 0.717) is 0 Å². The Balaban J connectivity index is 1.04. The van der Waals surface area contributed by atoms with Crippen LogP contribution in [0.5, 0.6) is 0 Å². The molecule has 0 radical (unpaired) electrons. The van der Waals surface area contributed by atoms with Gasteiger partial charge in [-0.05, 0) is 120 Å². The molecule has 0 unspecified atom stereocenters. The number of benzene rings is 10. The maximum atomic E-state index is 6.24. The molecule has 10 aromatic carbocycles. The normalized spacial score (nSPS) is 11.9. The Morgan fingerprint density at radius 2 is 0.875 bits per heavy atom. The van der Waals surface area contributed by atoms with Crippen molar-refractivity contribution >= 4 is 76.1 Å². The summed E-state index contributed by atoms with van der Waals surface area (Å²) in [4.78, 5) is 0. The Morgan fingerprint density at radius 3 is 1.62 bits per heavy atom. The molecule has 0 aliphatic carbocycles. The Labute approximate surface area is 323 Å². The summed E-state index contributed by atoms with van der Waals surface area (Å²) in [5.41, 5.74) is 12.8. The van der Waals surface area contributed by atoms with E-state index in [-0.39, 0.29) is 0 Å². The van der Waals surface area contributed by atoms with E-state index in [0.717, 1.165) is 16.6 Å². The number of hydrogen-bond acceptors (Lipinski definition) is 1. The van der Waals surface area contributed by atoms with Crippen LogP contribution in [-0.4, -0.2) is 4.57 Å². The van der Waals surface area contributed by atoms with Gasteiger partial charge in [-0.3, -0.25) is 0 Å². The van der Waals surface area contributed by atoms with Crippen molar-refractivity contribution < 1.29 is 4.42 Å². The Kier molecular flexibility index (Phi) is 6.66. The van der Waals surface area contributed by atoms with E-state index < -0.39 is 0 Å². The lowest BCUT2D eigenvalue weighted by atomic mass is 9.85. The molecule has 0 spiro atoms. The fourth-order valence-electron chi connectivity index (χ4n) is 9.32. The molecule has 12 aromatic rings. The second kappa shape index (κ2) is 12.0. The highest BCUT2D eigenvalue weighted by atomic mass is 16.3. The number of aromatic nitrogens is 1. The van der Waals surface area contributed by atoms with E-state index in [1.165, 1.54) is 98.6 Å². The molecule has 0 aliphatic heterocycles. The minimum atomic E-state index is 0.923. The summed E-state index contributed by atoms with van der Waals surface area (Å²) in [6, 6.07) is 72.9. The Bertz CT molecular complexity index is 3470. The first-order valence-electron chi connectivity index (χ1n) is 19.3. The summed E-state index contributed by atoms with van der Waals surface area (Å²) in [6.45, 7) is 0. The predicted molar refractivity (Wildman–Crippen MR) is 237 cm³/mol. The molecule has 2 aromatic heterocycles. The van der Waals surface area contributed by atoms with Gasteiger partial charge in [0.05, 0.1) is 11.0 Å². The second-order valence-electron chi connectivity index (χ2n) is 14.8. The van der Waals surface area contributed by atoms with Crippen molar-refractivity contribution in [2.24, 2.45) is 0 Å². The molecule has 2 heteroatoms. The maximum absolute atomic E-state index is 6.24. The first-order chi connectivity index (χ1) is 27.8. The summed E-state index contributed by atoms with van der Waals surface area (Å²) in [6.07, 6.45) is 0. The molecule has 260 valence electrons. The van der Waals surface area contributed by atoms with Gasteiger partial charge in [0, 0.05) is 27.2 Å². The van der Waals surface area contributed by atoms with Gasteiger partial charge in [0.15, 0.2) is 0 Å². The maximum Gasteiger partial charge on any atom is 0.136 e. The zero-order chi connectivity index (χ0) is 36.7. The van der Waals surface area contributed by atoms with Crippen molar-refractivity contribution in [3.05, 3.63) is 200 Å². The van der Waals surface area contributed by atoms with Crippen LogP contribution in [0.1, 0.15) is 0 Å². The van der Waals surface area contributed by atoms with Gasteiger partial charge in [-0.15, -0.1) is 0 Å². The minimum absolute atomic E-state index is 0.923. The molecule has 0 amide bonds. The monoisotopic (exact) mass is 711 g/mol. The third-order valence-electron chi connectivity index (χ3n) is 11.7. The zero-order valence-electron chi connectivity index (χ0n) is 30.4. The van der Waals surface area contributed by atoms with Gasteiger partial charge in [0.2, 0.25) is 0 Å². The molecule has 2 heterocycles. The number of hydrogen-bond donors (Lipinski definition) is 0. The highest BCUT2D eigenvalue weighted by molar-refractivity contribution is 6.23. The quantitative estimate of drug-likeness (QED) is 0.166. The molecule has 0 saturated carbocycles. The van der Waals surface area contributed by atoms with Crippen LogP contribution < -0.4 is 0 Å². The fraction of sp³-hybridized carbons (Fsp3) is 0. The van der Waals surface area contributed by atoms with Crippen molar-refractivity contribution in [3.63, 3.8) is 0 Å². The molecule has 0 N–H and O–H groups in total. The summed E-state index contributed by atoms with van der Waals surface area (Å²) < 4.78 is 8.61. The summed E-state index contributed by atoms with van der Waals surface area (Å²) in [5.74, 6) is 0. The number of rotatable bonds is 4. The van der Waals surface area contributed by atoms with E-state index >= 15 is 0 Å². The van der Waals surface area contributed by atoms with Gasteiger partial charge >= 0.3 is 0 Å². The topological polar surface area (TPSA) is 18.1 Å². The Morgan fingerprint density at radius 1 is 0.304 bits per heavy atom. The predicted octanol–water partition coefficient (Wildman–Crippen LogP) is 15.1. The van der Waals surface area contributed by atoms with E-state index in [2.05, 4.69) is 199 Å². The Hall–Kier alpha value is -7.42. The van der Waals surface area contributed by atoms with Crippen LogP contribution in [0.3, 0.4) is 0 Å². The van der Waals surface area contributed by atoms with Crippen LogP contribution in [0.15, 0.2) is 205 Å². The summed E-state index contributed by atoms with van der Waals surface area (Å²) >= 11 is 0. The first-order valence-corrected chi connectivity index (χ1v) is 19.3. The lowest BCUT2D eigenvalue weighted by Gasteiger charge is -2.18. The molecular weight excluding hydrogens is 679 g/mol.